The van der Waals surface area contributed by atoms with E-state index >= 15 is 0 Å². The molecule has 0 fully saturated rings. The summed E-state index contributed by atoms with van der Waals surface area (Å²) in [5.74, 6) is -0.0396. The van der Waals surface area contributed by atoms with Crippen molar-refractivity contribution in [1.82, 2.24) is 4.90 Å². The molecule has 0 aliphatic heterocycles. The Morgan fingerprint density at radius 1 is 0.483 bits per heavy atom. The van der Waals surface area contributed by atoms with Crippen LogP contribution in [0.15, 0.2) is 0 Å². The van der Waals surface area contributed by atoms with Crippen LogP contribution in [0, 0.1) is 6.42 Å². The molecule has 60 heavy (non-hydrogen) atoms. The van der Waals surface area contributed by atoms with Crippen molar-refractivity contribution in [3.63, 3.8) is 0 Å². The van der Waals surface area contributed by atoms with E-state index in [1.807, 2.05) is 13.8 Å². The molecule has 0 radical (unpaired) electrons. The summed E-state index contributed by atoms with van der Waals surface area (Å²) in [5.41, 5.74) is 0. The van der Waals surface area contributed by atoms with Gasteiger partial charge in [-0.1, -0.05) is 265 Å². The molecule has 0 amide bonds. The van der Waals surface area contributed by atoms with Crippen LogP contribution in [-0.2, 0) is 34.1 Å². The van der Waals surface area contributed by atoms with Gasteiger partial charge in [0.05, 0.1) is 13.2 Å². The molecule has 0 saturated heterocycles. The molecule has 5 nitrogen and oxygen atoms in total. The average molecular weight is 1040 g/mol. The molecule has 1 N–H and O–H groups in total. The molecule has 0 unspecified atom stereocenters. The Morgan fingerprint density at radius 2 is 0.800 bits per heavy atom. The van der Waals surface area contributed by atoms with Crippen molar-refractivity contribution in [2.24, 2.45) is 0 Å². The normalized spacial score (nSPS) is 8.73. The van der Waals surface area contributed by atoms with Gasteiger partial charge < -0.3 is 26.0 Å². The molecule has 0 bridgehead atoms. The van der Waals surface area contributed by atoms with Crippen LogP contribution in [0.1, 0.15) is 304 Å². The number of aliphatic hydroxyl groups excluding tert-OH is 1. The van der Waals surface area contributed by atoms with Crippen LogP contribution in [0.4, 0.5) is 0 Å². The van der Waals surface area contributed by atoms with E-state index in [-0.39, 0.29) is 32.4 Å². The first kappa shape index (κ1) is 86.7. The fraction of sp³-hybridized carbons (Fsp3) is 0.944. The largest absolute Gasteiger partial charge is 2.00 e. The summed E-state index contributed by atoms with van der Waals surface area (Å²) in [6, 6.07) is 0. The smallest absolute Gasteiger partial charge is 0.545 e. The first-order valence-corrected chi connectivity index (χ1v) is 26.1. The van der Waals surface area contributed by atoms with Crippen molar-refractivity contribution in [2.75, 3.05) is 32.8 Å². The number of aliphatic hydroxyl groups is 1. The summed E-state index contributed by atoms with van der Waals surface area (Å²) in [6.45, 7) is 45.4. The number of likely N-dealkylation sites (N-methyl/N-ethyl adjacent to an activating group) is 1. The Morgan fingerprint density at radius 3 is 1.05 bits per heavy atom. The SMILES string of the molecule is CC.CCC.CCC.CCC.CCC.CCCCC.CCCCCCCC.CCCCCCCCCCCOC(=O)CCCCCN(CC)CCO.C[CH-]CCC.[CH-]=O.[Os+2]. The van der Waals surface area contributed by atoms with Crippen molar-refractivity contribution < 1.29 is 39.2 Å². The molecule has 6 heteroatoms. The maximum absolute atomic E-state index is 11.7. The number of nitrogens with zero attached hydrogens (tertiary/aromatic N) is 1. The van der Waals surface area contributed by atoms with Crippen molar-refractivity contribution in [3.8, 4) is 0 Å². The minimum absolute atomic E-state index is 0. The van der Waals surface area contributed by atoms with Gasteiger partial charge in [-0.15, -0.1) is 0 Å². The zero-order valence-electron chi connectivity index (χ0n) is 45.5. The van der Waals surface area contributed by atoms with E-state index in [4.69, 9.17) is 14.6 Å². The monoisotopic (exact) mass is 1040 g/mol. The van der Waals surface area contributed by atoms with E-state index in [1.54, 1.807) is 0 Å². The second kappa shape index (κ2) is 118. The molecule has 0 atom stereocenters. The van der Waals surface area contributed by atoms with E-state index in [0.29, 0.717) is 13.0 Å². The van der Waals surface area contributed by atoms with Gasteiger partial charge in [0.15, 0.2) is 0 Å². The van der Waals surface area contributed by atoms with E-state index < -0.39 is 0 Å². The van der Waals surface area contributed by atoms with Gasteiger partial charge in [0.25, 0.3) is 0 Å². The van der Waals surface area contributed by atoms with E-state index in [1.165, 1.54) is 148 Å². The molecule has 0 saturated carbocycles. The van der Waals surface area contributed by atoms with Gasteiger partial charge in [-0.25, -0.2) is 0 Å². The Kier molecular flexibility index (Phi) is 171. The maximum atomic E-state index is 11.7. The van der Waals surface area contributed by atoms with E-state index in [0.717, 1.165) is 45.3 Å². The van der Waals surface area contributed by atoms with Gasteiger partial charge in [0.1, 0.15) is 0 Å². The third-order valence-electron chi connectivity index (χ3n) is 7.47. The summed E-state index contributed by atoms with van der Waals surface area (Å²) in [7, 11) is 0. The summed E-state index contributed by atoms with van der Waals surface area (Å²) < 4.78 is 5.31. The Balaban J connectivity index is -0.0000000621. The van der Waals surface area contributed by atoms with Crippen LogP contribution < -0.4 is 0 Å². The molecule has 0 aromatic carbocycles. The third kappa shape index (κ3) is 163. The molecule has 0 heterocycles. The number of esters is 1. The average Bonchev–Trinajstić information content (AvgIpc) is 3.24. The molecule has 0 aromatic heterocycles. The van der Waals surface area contributed by atoms with Gasteiger partial charge in [-0.05, 0) is 32.4 Å². The minimum Gasteiger partial charge on any atom is -0.545 e. The predicted octanol–water partition coefficient (Wildman–Crippen LogP) is 18.9. The molecular weight excluding hydrogens is 917 g/mol. The van der Waals surface area contributed by atoms with Crippen LogP contribution in [0.25, 0.3) is 0 Å². The zero-order chi connectivity index (χ0) is 47.9. The van der Waals surface area contributed by atoms with Crippen LogP contribution in [0.3, 0.4) is 0 Å². The molecule has 0 aliphatic rings. The van der Waals surface area contributed by atoms with Crippen LogP contribution in [-0.4, -0.2) is 55.6 Å². The number of hydrogen-bond acceptors (Lipinski definition) is 5. The maximum Gasteiger partial charge on any atom is 2.00 e. The van der Waals surface area contributed by atoms with Crippen molar-refractivity contribution in [1.29, 1.82) is 0 Å². The third-order valence-corrected chi connectivity index (χ3v) is 7.47. The molecule has 0 rings (SSSR count). The van der Waals surface area contributed by atoms with Crippen molar-refractivity contribution in [2.45, 2.75) is 304 Å². The molecule has 0 spiro atoms. The standard InChI is InChI=1S/C21H43NO3.C8H18.C5H12.C5H11.4C3H8.C2H6.CHO.Os/c1-3-5-6-7-8-9-10-11-15-20-25-21(24)16-13-12-14-17-22(4-2)18-19-23;1-3-5-7-8-6-4-2;2*1-3-5-4-2;4*1-3-2;2*1-2;/h23H,3-20H2,1-2H3;3-8H2,1-2H3;3-5H2,1-2H3;3H,4-5H2,1-2H3;4*3H2,1-2H3;1-2H3;1H;/q;;;-1;;;;;;-1;+2. The second-order valence-corrected chi connectivity index (χ2v) is 14.8. The first-order valence-electron chi connectivity index (χ1n) is 26.1. The molecule has 0 aromatic rings. The Labute approximate surface area is 398 Å². The predicted molar refractivity (Wildman–Crippen MR) is 277 cm³/mol. The van der Waals surface area contributed by atoms with E-state index in [2.05, 4.69) is 129 Å². The molecule has 376 valence electrons. The summed E-state index contributed by atoms with van der Waals surface area (Å²) >= 11 is 0. The number of rotatable bonds is 28. The van der Waals surface area contributed by atoms with Crippen LogP contribution in [0.5, 0.6) is 0 Å². The van der Waals surface area contributed by atoms with Crippen LogP contribution in [0.2, 0.25) is 0 Å². The summed E-state index contributed by atoms with van der Waals surface area (Å²) in [5, 5.41) is 8.93. The van der Waals surface area contributed by atoms with Gasteiger partial charge in [0.2, 0.25) is 0 Å². The van der Waals surface area contributed by atoms with Crippen molar-refractivity contribution in [3.05, 3.63) is 6.42 Å². The van der Waals surface area contributed by atoms with E-state index in [9.17, 15) is 4.79 Å². The topological polar surface area (TPSA) is 66.8 Å². The number of hydrogen-bond donors (Lipinski definition) is 1. The minimum atomic E-state index is -0.0396. The quantitative estimate of drug-likeness (QED) is 0.0366. The van der Waals surface area contributed by atoms with Crippen LogP contribution >= 0.6 is 0 Å². The Bertz CT molecular complexity index is 502. The van der Waals surface area contributed by atoms with Crippen molar-refractivity contribution >= 4 is 12.8 Å². The molecular formula is C54H123NO4Os. The fourth-order valence-corrected chi connectivity index (χ4v) is 4.52. The van der Waals surface area contributed by atoms with Gasteiger partial charge in [0, 0.05) is 13.0 Å². The first-order chi connectivity index (χ1) is 28.6. The van der Waals surface area contributed by atoms with Gasteiger partial charge >= 0.3 is 25.8 Å². The number of carbonyl (C=O) groups excluding carboxylic acids is 2. The molecule has 0 aliphatic carbocycles. The number of unbranched alkanes of at least 4 members (excludes halogenated alkanes) is 19. The number of carbonyl (C=O) groups is 1. The summed E-state index contributed by atoms with van der Waals surface area (Å²) in [4.78, 5) is 21.7. The second-order valence-electron chi connectivity index (χ2n) is 14.8. The summed E-state index contributed by atoms with van der Waals surface area (Å²) in [6.07, 6.45) is 37.5. The number of ether oxygens (including phenoxy) is 1. The zero-order valence-corrected chi connectivity index (χ0v) is 48.0. The Hall–Kier alpha value is -0.304. The fourth-order valence-electron chi connectivity index (χ4n) is 4.52. The van der Waals surface area contributed by atoms with Gasteiger partial charge in [-0.2, -0.15) is 13.3 Å². The van der Waals surface area contributed by atoms with Gasteiger partial charge in [-0.3, -0.25) is 11.6 Å².